The van der Waals surface area contributed by atoms with Crippen molar-refractivity contribution in [3.05, 3.63) is 35.1 Å². The van der Waals surface area contributed by atoms with E-state index in [-0.39, 0.29) is 12.0 Å². The first-order chi connectivity index (χ1) is 5.79. The van der Waals surface area contributed by atoms with Gasteiger partial charge in [-0.15, -0.1) is 0 Å². The molecule has 0 amide bonds. The summed E-state index contributed by atoms with van der Waals surface area (Å²) in [6.07, 6.45) is 0.0526. The lowest BCUT2D eigenvalue weighted by atomic mass is 10.1. The summed E-state index contributed by atoms with van der Waals surface area (Å²) < 4.78 is 25.0. The Morgan fingerprint density at radius 3 is 2.75 bits per heavy atom. The van der Waals surface area contributed by atoms with Crippen molar-refractivity contribution in [1.82, 2.24) is 0 Å². The molecule has 1 aromatic rings. The first kappa shape index (κ1) is 8.66. The van der Waals surface area contributed by atoms with E-state index in [0.29, 0.717) is 5.56 Å². The quantitative estimate of drug-likeness (QED) is 0.663. The maximum atomic E-state index is 12.8. The molecular weight excluding hydrogens is 160 g/mol. The van der Waals surface area contributed by atoms with Crippen molar-refractivity contribution in [2.24, 2.45) is 0 Å². The molecule has 0 aliphatic rings. The Kier molecular flexibility index (Phi) is 2.76. The van der Waals surface area contributed by atoms with Crippen molar-refractivity contribution in [2.75, 3.05) is 0 Å². The second-order valence-corrected chi connectivity index (χ2v) is 2.35. The zero-order valence-electron chi connectivity index (χ0n) is 6.35. The first-order valence-electron chi connectivity index (χ1n) is 3.48. The van der Waals surface area contributed by atoms with Crippen LogP contribution in [-0.4, -0.2) is 0 Å². The highest BCUT2D eigenvalue weighted by atomic mass is 19.1. The van der Waals surface area contributed by atoms with E-state index in [2.05, 4.69) is 0 Å². The van der Waals surface area contributed by atoms with Crippen LogP contribution in [-0.2, 0) is 13.1 Å². The largest absolute Gasteiger partial charge is 0.246 e. The van der Waals surface area contributed by atoms with Crippen molar-refractivity contribution in [3.8, 4) is 6.07 Å². The molecule has 0 bridgehead atoms. The number of hydrogen-bond donors (Lipinski definition) is 0. The van der Waals surface area contributed by atoms with Crippen LogP contribution in [0.5, 0.6) is 0 Å². The zero-order valence-corrected chi connectivity index (χ0v) is 6.35. The van der Waals surface area contributed by atoms with Gasteiger partial charge >= 0.3 is 0 Å². The molecule has 0 fully saturated rings. The predicted molar refractivity (Wildman–Crippen MR) is 40.5 cm³/mol. The lowest BCUT2D eigenvalue weighted by Gasteiger charge is -2.02. The molecule has 0 aliphatic heterocycles. The molecule has 12 heavy (non-hydrogen) atoms. The maximum absolute atomic E-state index is 12.8. The lowest BCUT2D eigenvalue weighted by Crippen LogP contribution is -1.94. The van der Waals surface area contributed by atoms with E-state index in [1.54, 1.807) is 6.07 Å². The van der Waals surface area contributed by atoms with Gasteiger partial charge in [0, 0.05) is 5.56 Å². The Morgan fingerprint density at radius 2 is 2.17 bits per heavy atom. The number of rotatable bonds is 2. The van der Waals surface area contributed by atoms with Crippen LogP contribution >= 0.6 is 0 Å². The van der Waals surface area contributed by atoms with Gasteiger partial charge in [0.2, 0.25) is 0 Å². The monoisotopic (exact) mass is 167 g/mol. The van der Waals surface area contributed by atoms with Crippen LogP contribution in [0.4, 0.5) is 8.78 Å². The second-order valence-electron chi connectivity index (χ2n) is 2.35. The molecule has 0 spiro atoms. The standard InChI is InChI=1S/C9H7F2N/c10-6-8-7(4-5-12)2-1-3-9(8)11/h1-3H,4,6H2. The number of nitriles is 1. The van der Waals surface area contributed by atoms with Crippen LogP contribution < -0.4 is 0 Å². The molecule has 1 aromatic carbocycles. The van der Waals surface area contributed by atoms with Crippen molar-refractivity contribution >= 4 is 0 Å². The van der Waals surface area contributed by atoms with Crippen LogP contribution in [0, 0.1) is 17.1 Å². The Bertz CT molecular complexity index is 315. The summed E-state index contributed by atoms with van der Waals surface area (Å²) in [4.78, 5) is 0. The molecule has 0 radical (unpaired) electrons. The summed E-state index contributed by atoms with van der Waals surface area (Å²) in [7, 11) is 0. The first-order valence-corrected chi connectivity index (χ1v) is 3.48. The Hall–Kier alpha value is -1.43. The van der Waals surface area contributed by atoms with Gasteiger partial charge in [-0.3, -0.25) is 0 Å². The average Bonchev–Trinajstić information content (AvgIpc) is 2.05. The second kappa shape index (κ2) is 3.82. The predicted octanol–water partition coefficient (Wildman–Crippen LogP) is 2.36. The van der Waals surface area contributed by atoms with Gasteiger partial charge in [0.15, 0.2) is 0 Å². The van der Waals surface area contributed by atoms with Gasteiger partial charge in [-0.1, -0.05) is 12.1 Å². The van der Waals surface area contributed by atoms with E-state index in [1.165, 1.54) is 12.1 Å². The average molecular weight is 167 g/mol. The fourth-order valence-corrected chi connectivity index (χ4v) is 1.00. The topological polar surface area (TPSA) is 23.8 Å². The summed E-state index contributed by atoms with van der Waals surface area (Å²) in [6, 6.07) is 6.07. The molecule has 0 heterocycles. The van der Waals surface area contributed by atoms with Gasteiger partial charge in [0.1, 0.15) is 12.5 Å². The minimum atomic E-state index is -0.857. The van der Waals surface area contributed by atoms with Gasteiger partial charge in [-0.25, -0.2) is 8.78 Å². The molecule has 1 nitrogen and oxygen atoms in total. The SMILES string of the molecule is N#CCc1cccc(F)c1CF. The molecular formula is C9H7F2N. The fraction of sp³-hybridized carbons (Fsp3) is 0.222. The highest BCUT2D eigenvalue weighted by Gasteiger charge is 2.06. The molecule has 3 heteroatoms. The number of halogens is 2. The molecule has 0 atom stereocenters. The van der Waals surface area contributed by atoms with Crippen LogP contribution in [0.2, 0.25) is 0 Å². The van der Waals surface area contributed by atoms with Gasteiger partial charge in [-0.2, -0.15) is 5.26 Å². The maximum Gasteiger partial charge on any atom is 0.129 e. The molecule has 0 N–H and O–H groups in total. The highest BCUT2D eigenvalue weighted by molar-refractivity contribution is 5.30. The van der Waals surface area contributed by atoms with Crippen LogP contribution in [0.3, 0.4) is 0 Å². The Balaban J connectivity index is 3.11. The van der Waals surface area contributed by atoms with Crippen molar-refractivity contribution < 1.29 is 8.78 Å². The minimum absolute atomic E-state index is 0.000880. The molecule has 62 valence electrons. The summed E-state index contributed by atoms with van der Waals surface area (Å²) in [6.45, 7) is -0.857. The molecule has 0 saturated heterocycles. The van der Waals surface area contributed by atoms with Gasteiger partial charge in [0.05, 0.1) is 12.5 Å². The molecule has 0 saturated carbocycles. The fourth-order valence-electron chi connectivity index (χ4n) is 1.00. The van der Waals surface area contributed by atoms with Crippen LogP contribution in [0.25, 0.3) is 0 Å². The molecule has 0 unspecified atom stereocenters. The smallest absolute Gasteiger partial charge is 0.129 e. The zero-order chi connectivity index (χ0) is 8.97. The number of nitrogens with zero attached hydrogens (tertiary/aromatic N) is 1. The van der Waals surface area contributed by atoms with Crippen molar-refractivity contribution in [1.29, 1.82) is 5.26 Å². The van der Waals surface area contributed by atoms with Crippen molar-refractivity contribution in [2.45, 2.75) is 13.1 Å². The third-order valence-electron chi connectivity index (χ3n) is 1.62. The molecule has 0 aliphatic carbocycles. The van der Waals surface area contributed by atoms with Crippen LogP contribution in [0.15, 0.2) is 18.2 Å². The number of hydrogen-bond acceptors (Lipinski definition) is 1. The van der Waals surface area contributed by atoms with Gasteiger partial charge in [-0.05, 0) is 11.6 Å². The highest BCUT2D eigenvalue weighted by Crippen LogP contribution is 2.14. The Morgan fingerprint density at radius 1 is 1.42 bits per heavy atom. The Labute approximate surface area is 69.2 Å². The van der Waals surface area contributed by atoms with Gasteiger partial charge < -0.3 is 0 Å². The summed E-state index contributed by atoms with van der Waals surface area (Å²) in [5, 5.41) is 8.34. The van der Waals surface area contributed by atoms with E-state index in [4.69, 9.17) is 5.26 Å². The third-order valence-corrected chi connectivity index (χ3v) is 1.62. The van der Waals surface area contributed by atoms with Gasteiger partial charge in [0.25, 0.3) is 0 Å². The lowest BCUT2D eigenvalue weighted by molar-refractivity contribution is 0.461. The minimum Gasteiger partial charge on any atom is -0.246 e. The van der Waals surface area contributed by atoms with E-state index in [9.17, 15) is 8.78 Å². The normalized spacial score (nSPS) is 9.42. The summed E-state index contributed by atoms with van der Waals surface area (Å²) in [5.74, 6) is -0.578. The van der Waals surface area contributed by atoms with E-state index in [0.717, 1.165) is 0 Å². The van der Waals surface area contributed by atoms with E-state index in [1.807, 2.05) is 6.07 Å². The summed E-state index contributed by atoms with van der Waals surface area (Å²) in [5.41, 5.74) is 0.430. The van der Waals surface area contributed by atoms with E-state index < -0.39 is 12.5 Å². The van der Waals surface area contributed by atoms with E-state index >= 15 is 0 Å². The molecule has 0 aromatic heterocycles. The third kappa shape index (κ3) is 1.59. The molecule has 1 rings (SSSR count). The number of alkyl halides is 1. The van der Waals surface area contributed by atoms with Crippen LogP contribution in [0.1, 0.15) is 11.1 Å². The van der Waals surface area contributed by atoms with Crippen molar-refractivity contribution in [3.63, 3.8) is 0 Å². The number of benzene rings is 1. The summed E-state index contributed by atoms with van der Waals surface area (Å²) >= 11 is 0.